The number of hydrogen-bond acceptors (Lipinski definition) is 5. The first-order valence-corrected chi connectivity index (χ1v) is 11.8. The van der Waals surface area contributed by atoms with E-state index < -0.39 is 0 Å². The molecule has 32 heavy (non-hydrogen) atoms. The number of nitrogens with two attached hydrogens (primary N) is 1. The minimum Gasteiger partial charge on any atom is -0.335 e. The maximum atomic E-state index is 12.3. The second-order valence-corrected chi connectivity index (χ2v) is 8.77. The van der Waals surface area contributed by atoms with Gasteiger partial charge < -0.3 is 20.9 Å². The second-order valence-electron chi connectivity index (χ2n) is 8.77. The van der Waals surface area contributed by atoms with Crippen molar-refractivity contribution in [2.24, 2.45) is 0 Å². The van der Waals surface area contributed by atoms with Crippen LogP contribution in [-0.4, -0.2) is 58.8 Å². The molecular formula is C24H34N7O+. The van der Waals surface area contributed by atoms with E-state index >= 15 is 0 Å². The molecule has 0 bridgehead atoms. The molecule has 1 aliphatic heterocycles. The topological polar surface area (TPSA) is 111 Å². The maximum absolute atomic E-state index is 12.3. The number of amides is 2. The minimum absolute atomic E-state index is 0.211. The van der Waals surface area contributed by atoms with Crippen LogP contribution in [0.25, 0.3) is 16.6 Å². The first-order valence-electron chi connectivity index (χ1n) is 11.8. The summed E-state index contributed by atoms with van der Waals surface area (Å²) < 4.78 is 0. The van der Waals surface area contributed by atoms with E-state index in [0.29, 0.717) is 17.4 Å². The monoisotopic (exact) mass is 436 g/mol. The molecule has 0 unspecified atom stereocenters. The number of likely N-dealkylation sites (tertiary alicyclic amines) is 1. The number of allylic oxidation sites excluding steroid dienone is 1. The number of nitrogens with zero attached hydrogens (tertiary/aromatic N) is 3. The molecule has 3 heterocycles. The number of fused-ring (bicyclic) bond motifs is 1. The number of hydrogen-bond donors (Lipinski definition) is 4. The van der Waals surface area contributed by atoms with Crippen LogP contribution >= 0.6 is 0 Å². The van der Waals surface area contributed by atoms with Gasteiger partial charge in [0, 0.05) is 49.9 Å². The van der Waals surface area contributed by atoms with Crippen molar-refractivity contribution >= 4 is 34.7 Å². The van der Waals surface area contributed by atoms with Crippen LogP contribution in [0.5, 0.6) is 0 Å². The van der Waals surface area contributed by atoms with E-state index in [2.05, 4.69) is 37.7 Å². The van der Waals surface area contributed by atoms with Crippen molar-refractivity contribution in [2.45, 2.75) is 57.5 Å². The van der Waals surface area contributed by atoms with Crippen LogP contribution in [0.1, 0.15) is 51.0 Å². The molecule has 1 saturated carbocycles. The molecule has 8 heteroatoms. The second kappa shape index (κ2) is 10.7. The van der Waals surface area contributed by atoms with Gasteiger partial charge in [-0.25, -0.2) is 9.78 Å². The van der Waals surface area contributed by atoms with E-state index in [1.54, 1.807) is 12.3 Å². The molecule has 2 fully saturated rings. The lowest BCUT2D eigenvalue weighted by molar-refractivity contribution is -0.628. The zero-order valence-electron chi connectivity index (χ0n) is 18.8. The van der Waals surface area contributed by atoms with Crippen molar-refractivity contribution in [1.29, 1.82) is 5.41 Å². The van der Waals surface area contributed by atoms with Crippen LogP contribution in [0, 0.1) is 5.41 Å². The fourth-order valence-electron chi connectivity index (χ4n) is 4.57. The Labute approximate surface area is 189 Å². The van der Waals surface area contributed by atoms with Gasteiger partial charge in [0.25, 0.3) is 0 Å². The number of urea groups is 1. The van der Waals surface area contributed by atoms with E-state index in [1.807, 2.05) is 18.3 Å². The first-order chi connectivity index (χ1) is 15.6. The highest BCUT2D eigenvalue weighted by Gasteiger charge is 2.20. The molecule has 0 atom stereocenters. The molecular weight excluding hydrogens is 402 g/mol. The lowest BCUT2D eigenvalue weighted by Crippen LogP contribution is -2.86. The maximum Gasteiger partial charge on any atom is 0.320 e. The SMILES string of the molecule is CCN1CCC([NH2+]/C=C(\C=N)c2cnc3ccc(NC(=O)NC4CCCC4)nc3c2)CC1. The molecule has 1 saturated heterocycles. The molecule has 8 nitrogen and oxygen atoms in total. The zero-order chi connectivity index (χ0) is 22.3. The Morgan fingerprint density at radius 1 is 1.22 bits per heavy atom. The average Bonchev–Trinajstić information content (AvgIpc) is 3.32. The third-order valence-electron chi connectivity index (χ3n) is 6.59. The molecule has 2 aromatic heterocycles. The summed E-state index contributed by atoms with van der Waals surface area (Å²) in [5, 5.41) is 16.0. The van der Waals surface area contributed by atoms with Gasteiger partial charge in [-0.3, -0.25) is 10.3 Å². The van der Waals surface area contributed by atoms with Crippen LogP contribution in [-0.2, 0) is 0 Å². The molecule has 5 N–H and O–H groups in total. The van der Waals surface area contributed by atoms with Gasteiger partial charge in [0.2, 0.25) is 0 Å². The van der Waals surface area contributed by atoms with Crippen molar-refractivity contribution < 1.29 is 10.1 Å². The largest absolute Gasteiger partial charge is 0.335 e. The van der Waals surface area contributed by atoms with Gasteiger partial charge in [-0.15, -0.1) is 0 Å². The van der Waals surface area contributed by atoms with Crippen LogP contribution in [0.15, 0.2) is 30.6 Å². The van der Waals surface area contributed by atoms with Gasteiger partial charge in [-0.05, 0) is 37.6 Å². The van der Waals surface area contributed by atoms with Crippen molar-refractivity contribution in [3.63, 3.8) is 0 Å². The molecule has 0 aromatic carbocycles. The van der Waals surface area contributed by atoms with Crippen molar-refractivity contribution in [3.8, 4) is 0 Å². The van der Waals surface area contributed by atoms with E-state index in [1.165, 1.54) is 19.1 Å². The quantitative estimate of drug-likeness (QED) is 0.500. The number of carbonyl (C=O) groups excluding carboxylic acids is 1. The number of anilines is 1. The summed E-state index contributed by atoms with van der Waals surface area (Å²) in [6.07, 6.45) is 11.9. The van der Waals surface area contributed by atoms with Gasteiger partial charge in [0.05, 0.1) is 22.6 Å². The Hall–Kier alpha value is -2.84. The highest BCUT2D eigenvalue weighted by atomic mass is 16.2. The van der Waals surface area contributed by atoms with Gasteiger partial charge in [0.15, 0.2) is 0 Å². The molecule has 2 aliphatic rings. The summed E-state index contributed by atoms with van der Waals surface area (Å²) in [7, 11) is 0. The number of piperidine rings is 1. The number of nitrogens with one attached hydrogen (secondary N) is 3. The molecule has 1 aliphatic carbocycles. The third-order valence-corrected chi connectivity index (χ3v) is 6.59. The average molecular weight is 437 g/mol. The van der Waals surface area contributed by atoms with E-state index in [-0.39, 0.29) is 12.1 Å². The molecule has 2 aromatic rings. The van der Waals surface area contributed by atoms with Crippen molar-refractivity contribution in [3.05, 3.63) is 36.2 Å². The molecule has 2 amide bonds. The molecule has 0 radical (unpaired) electrons. The summed E-state index contributed by atoms with van der Waals surface area (Å²) in [5.74, 6) is 0.501. The Morgan fingerprint density at radius 3 is 2.72 bits per heavy atom. The van der Waals surface area contributed by atoms with Crippen LogP contribution in [0.4, 0.5) is 10.6 Å². The van der Waals surface area contributed by atoms with E-state index in [4.69, 9.17) is 5.41 Å². The fourth-order valence-corrected chi connectivity index (χ4v) is 4.57. The van der Waals surface area contributed by atoms with E-state index in [9.17, 15) is 4.79 Å². The summed E-state index contributed by atoms with van der Waals surface area (Å²) in [4.78, 5) is 23.8. The highest BCUT2D eigenvalue weighted by Crippen LogP contribution is 2.20. The van der Waals surface area contributed by atoms with Crippen molar-refractivity contribution in [2.75, 3.05) is 25.0 Å². The third kappa shape index (κ3) is 5.69. The lowest BCUT2D eigenvalue weighted by atomic mass is 10.0. The molecule has 4 rings (SSSR count). The highest BCUT2D eigenvalue weighted by molar-refractivity contribution is 6.08. The van der Waals surface area contributed by atoms with E-state index in [0.717, 1.165) is 62.0 Å². The van der Waals surface area contributed by atoms with Crippen molar-refractivity contribution in [1.82, 2.24) is 20.2 Å². The van der Waals surface area contributed by atoms with Crippen LogP contribution in [0.2, 0.25) is 0 Å². The summed E-state index contributed by atoms with van der Waals surface area (Å²) in [6.45, 7) is 5.60. The Balaban J connectivity index is 1.43. The van der Waals surface area contributed by atoms with Gasteiger partial charge >= 0.3 is 6.03 Å². The number of rotatable bonds is 7. The molecule has 170 valence electrons. The van der Waals surface area contributed by atoms with Crippen LogP contribution in [0.3, 0.4) is 0 Å². The zero-order valence-corrected chi connectivity index (χ0v) is 18.8. The normalized spacial score (nSPS) is 18.7. The Morgan fingerprint density at radius 2 is 2.00 bits per heavy atom. The standard InChI is InChI=1S/C24H33N7O/c1-2-31-11-9-19(10-12-31)26-16-18(14-25)17-13-22-21(27-15-17)7-8-23(29-22)30-24(32)28-20-5-3-4-6-20/h7-8,13-16,19-20,25-26H,2-6,9-12H2,1H3,(H2,28,29,30,32)/p+1/b18-16+,25-14?. The Kier molecular flexibility index (Phi) is 7.44. The lowest BCUT2D eigenvalue weighted by Gasteiger charge is -2.28. The number of quaternary nitrogens is 1. The summed E-state index contributed by atoms with van der Waals surface area (Å²) >= 11 is 0. The van der Waals surface area contributed by atoms with Gasteiger partial charge in [-0.2, -0.15) is 0 Å². The Bertz CT molecular complexity index is 975. The first kappa shape index (κ1) is 22.4. The van der Waals surface area contributed by atoms with Crippen LogP contribution < -0.4 is 16.0 Å². The predicted molar refractivity (Wildman–Crippen MR) is 128 cm³/mol. The summed E-state index contributed by atoms with van der Waals surface area (Å²) in [6, 6.07) is 6.16. The summed E-state index contributed by atoms with van der Waals surface area (Å²) in [5.41, 5.74) is 3.13. The minimum atomic E-state index is -0.211. The smallest absolute Gasteiger partial charge is 0.320 e. The molecule has 0 spiro atoms. The number of pyridine rings is 2. The van der Waals surface area contributed by atoms with Gasteiger partial charge in [-0.1, -0.05) is 19.8 Å². The fraction of sp³-hybridized carbons (Fsp3) is 0.500. The number of aromatic nitrogens is 2. The predicted octanol–water partition coefficient (Wildman–Crippen LogP) is 2.73. The number of carbonyl (C=O) groups is 1. The van der Waals surface area contributed by atoms with Gasteiger partial charge in [0.1, 0.15) is 12.0 Å².